The van der Waals surface area contributed by atoms with Crippen LogP contribution in [0, 0.1) is 19.8 Å². The van der Waals surface area contributed by atoms with Crippen LogP contribution in [0.2, 0.25) is 0 Å². The summed E-state index contributed by atoms with van der Waals surface area (Å²) in [6.45, 7) is 6.38. The van der Waals surface area contributed by atoms with Crippen molar-refractivity contribution in [2.75, 3.05) is 5.75 Å². The highest BCUT2D eigenvalue weighted by molar-refractivity contribution is 8.13. The molecule has 0 spiro atoms. The highest BCUT2D eigenvalue weighted by atomic mass is 32.2. The van der Waals surface area contributed by atoms with Crippen LogP contribution >= 0.6 is 23.1 Å². The van der Waals surface area contributed by atoms with Gasteiger partial charge in [-0.1, -0.05) is 18.2 Å². The molecule has 1 N–H and O–H groups in total. The largest absolute Gasteiger partial charge is 0.358 e. The first kappa shape index (κ1) is 13.4. The summed E-state index contributed by atoms with van der Waals surface area (Å²) in [4.78, 5) is 10.8. The van der Waals surface area contributed by atoms with Crippen LogP contribution in [0.3, 0.4) is 0 Å². The van der Waals surface area contributed by atoms with E-state index in [0.29, 0.717) is 12.1 Å². The molecule has 2 heterocycles. The lowest BCUT2D eigenvalue weighted by Crippen LogP contribution is -2.31. The molecule has 2 aliphatic rings. The van der Waals surface area contributed by atoms with Crippen LogP contribution in [-0.4, -0.2) is 21.9 Å². The van der Waals surface area contributed by atoms with Gasteiger partial charge in [0.2, 0.25) is 0 Å². The Kier molecular flexibility index (Phi) is 3.85. The van der Waals surface area contributed by atoms with E-state index < -0.39 is 0 Å². The summed E-state index contributed by atoms with van der Waals surface area (Å²) in [6, 6.07) is 0.899. The summed E-state index contributed by atoms with van der Waals surface area (Å²) in [5, 5.41) is 5.87. The van der Waals surface area contributed by atoms with Crippen molar-refractivity contribution in [2.45, 2.75) is 52.1 Å². The maximum absolute atomic E-state index is 4.90. The number of fused-ring (bicyclic) bond motifs is 1. The molecular weight excluding hydrogens is 274 g/mol. The van der Waals surface area contributed by atoms with Crippen LogP contribution in [-0.2, 0) is 0 Å². The molecule has 3 rings (SSSR count). The number of thioether (sulfide) groups is 1. The van der Waals surface area contributed by atoms with Crippen LogP contribution in [0.15, 0.2) is 4.99 Å². The average molecular weight is 295 g/mol. The molecule has 0 radical (unpaired) electrons. The van der Waals surface area contributed by atoms with Crippen LogP contribution in [0.5, 0.6) is 0 Å². The van der Waals surface area contributed by atoms with Crippen LogP contribution in [0.4, 0.5) is 0 Å². The number of aliphatic imine (C=N–C) groups is 1. The number of nitrogens with zero attached hydrogens (tertiary/aromatic N) is 2. The van der Waals surface area contributed by atoms with Gasteiger partial charge in [-0.15, -0.1) is 11.3 Å². The first-order valence-corrected chi connectivity index (χ1v) is 8.84. The molecule has 1 fully saturated rings. The number of amidine groups is 1. The standard InChI is InChI=1S/C14H21N3S2/c1-8-13(19-10(3)15-8)9(2)16-14-17-12-6-4-5-11(12)7-18-14/h9,11-12H,4-7H2,1-3H3,(H,16,17). The van der Waals surface area contributed by atoms with Crippen LogP contribution in [0.1, 0.15) is 47.8 Å². The average Bonchev–Trinajstić information content (AvgIpc) is 2.94. The highest BCUT2D eigenvalue weighted by Crippen LogP contribution is 2.35. The lowest BCUT2D eigenvalue weighted by molar-refractivity contribution is 0.531. The molecule has 1 aromatic heterocycles. The van der Waals surface area contributed by atoms with Crippen LogP contribution < -0.4 is 5.32 Å². The number of hydrogen-bond acceptors (Lipinski definition) is 5. The molecule has 3 unspecified atom stereocenters. The molecule has 0 bridgehead atoms. The minimum Gasteiger partial charge on any atom is -0.358 e. The van der Waals surface area contributed by atoms with Crippen molar-refractivity contribution in [2.24, 2.45) is 10.9 Å². The van der Waals surface area contributed by atoms with Gasteiger partial charge in [0.15, 0.2) is 5.17 Å². The molecule has 0 saturated heterocycles. The van der Waals surface area contributed by atoms with Crippen molar-refractivity contribution >= 4 is 28.3 Å². The highest BCUT2D eigenvalue weighted by Gasteiger charge is 2.31. The Morgan fingerprint density at radius 1 is 1.32 bits per heavy atom. The molecule has 0 amide bonds. The predicted octanol–water partition coefficient (Wildman–Crippen LogP) is 3.68. The first-order valence-electron chi connectivity index (χ1n) is 7.04. The van der Waals surface area contributed by atoms with Crippen molar-refractivity contribution in [1.82, 2.24) is 10.3 Å². The number of thiazole rings is 1. The third-order valence-corrected chi connectivity index (χ3v) is 6.36. The van der Waals surface area contributed by atoms with Crippen LogP contribution in [0.25, 0.3) is 0 Å². The van der Waals surface area contributed by atoms with Gasteiger partial charge >= 0.3 is 0 Å². The van der Waals surface area contributed by atoms with Gasteiger partial charge < -0.3 is 5.32 Å². The molecule has 3 atom stereocenters. The number of rotatable bonds is 2. The molecule has 3 nitrogen and oxygen atoms in total. The molecule has 1 aliphatic heterocycles. The minimum atomic E-state index is 0.315. The van der Waals surface area contributed by atoms with E-state index in [0.717, 1.165) is 21.8 Å². The van der Waals surface area contributed by atoms with E-state index >= 15 is 0 Å². The summed E-state index contributed by atoms with van der Waals surface area (Å²) in [5.74, 6) is 2.07. The quantitative estimate of drug-likeness (QED) is 0.904. The van der Waals surface area contributed by atoms with Crippen molar-refractivity contribution in [3.63, 3.8) is 0 Å². The second kappa shape index (κ2) is 5.44. The van der Waals surface area contributed by atoms with Crippen molar-refractivity contribution in [1.29, 1.82) is 0 Å². The topological polar surface area (TPSA) is 37.3 Å². The third kappa shape index (κ3) is 2.82. The second-order valence-electron chi connectivity index (χ2n) is 5.55. The van der Waals surface area contributed by atoms with Crippen molar-refractivity contribution in [3.05, 3.63) is 15.6 Å². The summed E-state index contributed by atoms with van der Waals surface area (Å²) in [6.07, 6.45) is 4.01. The Hall–Kier alpha value is -0.550. The fourth-order valence-electron chi connectivity index (χ4n) is 3.03. The molecule has 104 valence electrons. The van der Waals surface area contributed by atoms with E-state index in [9.17, 15) is 0 Å². The maximum Gasteiger partial charge on any atom is 0.157 e. The van der Waals surface area contributed by atoms with Crippen molar-refractivity contribution in [3.8, 4) is 0 Å². The monoisotopic (exact) mass is 295 g/mol. The van der Waals surface area contributed by atoms with Gasteiger partial charge in [-0.25, -0.2) is 4.98 Å². The van der Waals surface area contributed by atoms with E-state index in [-0.39, 0.29) is 0 Å². The summed E-state index contributed by atoms with van der Waals surface area (Å²) in [5.41, 5.74) is 1.16. The van der Waals surface area contributed by atoms with E-state index in [1.54, 1.807) is 11.3 Å². The van der Waals surface area contributed by atoms with Gasteiger partial charge in [0.25, 0.3) is 0 Å². The lowest BCUT2D eigenvalue weighted by atomic mass is 10.1. The Morgan fingerprint density at radius 2 is 2.16 bits per heavy atom. The molecule has 1 aromatic rings. The zero-order valence-electron chi connectivity index (χ0n) is 11.8. The molecule has 1 aliphatic carbocycles. The fraction of sp³-hybridized carbons (Fsp3) is 0.714. The van der Waals surface area contributed by atoms with Gasteiger partial charge in [-0.3, -0.25) is 4.99 Å². The lowest BCUT2D eigenvalue weighted by Gasteiger charge is -2.25. The Labute approximate surface area is 123 Å². The Balaban J connectivity index is 1.69. The Bertz CT molecular complexity index is 495. The molecule has 1 saturated carbocycles. The zero-order valence-corrected chi connectivity index (χ0v) is 13.4. The fourth-order valence-corrected chi connectivity index (χ4v) is 5.19. The summed E-state index contributed by atoms with van der Waals surface area (Å²) >= 11 is 3.69. The van der Waals surface area contributed by atoms with E-state index in [1.165, 1.54) is 29.9 Å². The molecule has 5 heteroatoms. The van der Waals surface area contributed by atoms with E-state index in [4.69, 9.17) is 4.99 Å². The summed E-state index contributed by atoms with van der Waals surface area (Å²) < 4.78 is 0. The van der Waals surface area contributed by atoms with E-state index in [2.05, 4.69) is 31.1 Å². The minimum absolute atomic E-state index is 0.315. The second-order valence-corrected chi connectivity index (χ2v) is 7.80. The normalized spacial score (nSPS) is 27.8. The first-order chi connectivity index (χ1) is 9.13. The number of hydrogen-bond donors (Lipinski definition) is 1. The maximum atomic E-state index is 4.90. The van der Waals surface area contributed by atoms with Gasteiger partial charge in [-0.05, 0) is 39.5 Å². The molecule has 0 aromatic carbocycles. The number of aryl methyl sites for hydroxylation is 2. The SMILES string of the molecule is Cc1nc(C)c(C(C)NC2=NC3CCCC3CS2)s1. The van der Waals surface area contributed by atoms with E-state index in [1.807, 2.05) is 11.8 Å². The molecular formula is C14H21N3S2. The smallest absolute Gasteiger partial charge is 0.157 e. The summed E-state index contributed by atoms with van der Waals surface area (Å²) in [7, 11) is 0. The van der Waals surface area contributed by atoms with Gasteiger partial charge in [-0.2, -0.15) is 0 Å². The molecule has 19 heavy (non-hydrogen) atoms. The number of aromatic nitrogens is 1. The van der Waals surface area contributed by atoms with Gasteiger partial charge in [0.1, 0.15) is 0 Å². The van der Waals surface area contributed by atoms with Gasteiger partial charge in [0.05, 0.1) is 22.8 Å². The Morgan fingerprint density at radius 3 is 2.89 bits per heavy atom. The third-order valence-electron chi connectivity index (χ3n) is 4.01. The zero-order chi connectivity index (χ0) is 13.4. The predicted molar refractivity (Wildman–Crippen MR) is 84.2 cm³/mol. The van der Waals surface area contributed by atoms with Crippen molar-refractivity contribution < 1.29 is 0 Å². The van der Waals surface area contributed by atoms with Gasteiger partial charge in [0, 0.05) is 10.6 Å². The number of nitrogens with one attached hydrogen (secondary N) is 1.